The summed E-state index contributed by atoms with van der Waals surface area (Å²) in [4.78, 5) is 31.6. The highest BCUT2D eigenvalue weighted by molar-refractivity contribution is 5.94. The van der Waals surface area contributed by atoms with Gasteiger partial charge in [0.05, 0.1) is 17.6 Å². The highest BCUT2D eigenvalue weighted by Crippen LogP contribution is 2.18. The summed E-state index contributed by atoms with van der Waals surface area (Å²) >= 11 is 0. The first-order chi connectivity index (χ1) is 15.0. The van der Waals surface area contributed by atoms with Crippen molar-refractivity contribution in [2.75, 3.05) is 11.9 Å². The maximum Gasteiger partial charge on any atom is 0.251 e. The van der Waals surface area contributed by atoms with Crippen LogP contribution in [0.5, 0.6) is 0 Å². The molecule has 0 fully saturated rings. The number of carbonyl (C=O) groups excluding carboxylic acids is 2. The molecule has 0 aliphatic rings. The highest BCUT2D eigenvalue weighted by atomic mass is 19.1. The Morgan fingerprint density at radius 2 is 1.65 bits per heavy atom. The molecule has 4 rings (SSSR count). The first-order valence-electron chi connectivity index (χ1n) is 9.82. The van der Waals surface area contributed by atoms with Crippen LogP contribution in [-0.4, -0.2) is 28.4 Å². The molecular weight excluding hydrogens is 395 g/mol. The third kappa shape index (κ3) is 4.45. The van der Waals surface area contributed by atoms with E-state index in [-0.39, 0.29) is 24.9 Å². The molecule has 1 aromatic heterocycles. The fraction of sp³-hybridized carbons (Fsp3) is 0.125. The van der Waals surface area contributed by atoms with Gasteiger partial charge in [-0.05, 0) is 48.5 Å². The molecule has 0 saturated carbocycles. The van der Waals surface area contributed by atoms with Crippen molar-refractivity contribution >= 4 is 28.5 Å². The van der Waals surface area contributed by atoms with E-state index in [4.69, 9.17) is 0 Å². The quantitative estimate of drug-likeness (QED) is 0.520. The van der Waals surface area contributed by atoms with Gasteiger partial charge in [0.15, 0.2) is 0 Å². The van der Waals surface area contributed by atoms with Crippen LogP contribution in [-0.2, 0) is 17.9 Å². The number of hydrogen-bond donors (Lipinski definition) is 1. The summed E-state index contributed by atoms with van der Waals surface area (Å²) in [5, 5.41) is 2.80. The fourth-order valence-electron chi connectivity index (χ4n) is 3.34. The lowest BCUT2D eigenvalue weighted by Gasteiger charge is -2.19. The molecule has 0 atom stereocenters. The molecule has 6 nitrogen and oxygen atoms in total. The SMILES string of the molecule is CN(C(=O)Cn1c(CNC(=O)c2ccc(F)cc2)nc2ccccc21)c1ccccc1. The second kappa shape index (κ2) is 8.79. The van der Waals surface area contributed by atoms with Gasteiger partial charge in [0.2, 0.25) is 5.91 Å². The van der Waals surface area contributed by atoms with Crippen LogP contribution in [0.25, 0.3) is 11.0 Å². The summed E-state index contributed by atoms with van der Waals surface area (Å²) in [6.07, 6.45) is 0. The minimum absolute atomic E-state index is 0.0770. The number of likely N-dealkylation sites (N-methyl/N-ethyl adjacent to an activating group) is 1. The number of rotatable bonds is 6. The standard InChI is InChI=1S/C24H21FN4O2/c1-28(19-7-3-2-4-8-19)23(30)16-29-21-10-6-5-9-20(21)27-22(29)15-26-24(31)17-11-13-18(25)14-12-17/h2-14H,15-16H2,1H3,(H,26,31). The van der Waals surface area contributed by atoms with Crippen LogP contribution < -0.4 is 10.2 Å². The largest absolute Gasteiger partial charge is 0.345 e. The molecule has 2 amide bonds. The van der Waals surface area contributed by atoms with E-state index in [1.54, 1.807) is 11.9 Å². The van der Waals surface area contributed by atoms with E-state index < -0.39 is 5.82 Å². The lowest BCUT2D eigenvalue weighted by Crippen LogP contribution is -2.31. The molecule has 0 bridgehead atoms. The van der Waals surface area contributed by atoms with Gasteiger partial charge in [-0.25, -0.2) is 9.37 Å². The molecular formula is C24H21FN4O2. The molecule has 156 valence electrons. The van der Waals surface area contributed by atoms with Crippen LogP contribution in [0.2, 0.25) is 0 Å². The molecule has 31 heavy (non-hydrogen) atoms. The van der Waals surface area contributed by atoms with Crippen molar-refractivity contribution in [2.45, 2.75) is 13.1 Å². The maximum absolute atomic E-state index is 13.1. The molecule has 7 heteroatoms. The Morgan fingerprint density at radius 3 is 2.39 bits per heavy atom. The van der Waals surface area contributed by atoms with Crippen LogP contribution in [0, 0.1) is 5.82 Å². The fourth-order valence-corrected chi connectivity index (χ4v) is 3.34. The van der Waals surface area contributed by atoms with Crippen molar-refractivity contribution in [3.05, 3.63) is 96.1 Å². The van der Waals surface area contributed by atoms with E-state index in [2.05, 4.69) is 10.3 Å². The van der Waals surface area contributed by atoms with E-state index in [1.165, 1.54) is 24.3 Å². The number of hydrogen-bond acceptors (Lipinski definition) is 3. The van der Waals surface area contributed by atoms with Crippen LogP contribution in [0.15, 0.2) is 78.9 Å². The van der Waals surface area contributed by atoms with E-state index in [1.807, 2.05) is 59.2 Å². The topological polar surface area (TPSA) is 67.2 Å². The van der Waals surface area contributed by atoms with Crippen LogP contribution in [0.1, 0.15) is 16.2 Å². The molecule has 4 aromatic rings. The zero-order chi connectivity index (χ0) is 21.8. The van der Waals surface area contributed by atoms with Crippen molar-refractivity contribution in [1.29, 1.82) is 0 Å². The van der Waals surface area contributed by atoms with Crippen LogP contribution in [0.3, 0.4) is 0 Å². The smallest absolute Gasteiger partial charge is 0.251 e. The van der Waals surface area contributed by atoms with Crippen molar-refractivity contribution in [1.82, 2.24) is 14.9 Å². The van der Waals surface area contributed by atoms with Crippen molar-refractivity contribution in [3.8, 4) is 0 Å². The number of nitrogens with one attached hydrogen (secondary N) is 1. The maximum atomic E-state index is 13.1. The number of halogens is 1. The van der Waals surface area contributed by atoms with Gasteiger partial charge in [-0.1, -0.05) is 30.3 Å². The van der Waals surface area contributed by atoms with Crippen molar-refractivity contribution < 1.29 is 14.0 Å². The number of para-hydroxylation sites is 3. The third-order valence-electron chi connectivity index (χ3n) is 5.06. The van der Waals surface area contributed by atoms with Crippen LogP contribution in [0.4, 0.5) is 10.1 Å². The lowest BCUT2D eigenvalue weighted by molar-refractivity contribution is -0.118. The first-order valence-corrected chi connectivity index (χ1v) is 9.82. The Bertz CT molecular complexity index is 1220. The average molecular weight is 416 g/mol. The van der Waals surface area contributed by atoms with Crippen molar-refractivity contribution in [3.63, 3.8) is 0 Å². The third-order valence-corrected chi connectivity index (χ3v) is 5.06. The molecule has 1 N–H and O–H groups in total. The minimum atomic E-state index is -0.403. The van der Waals surface area contributed by atoms with E-state index in [0.29, 0.717) is 11.4 Å². The zero-order valence-corrected chi connectivity index (χ0v) is 17.0. The summed E-state index contributed by atoms with van der Waals surface area (Å²) < 4.78 is 14.9. The lowest BCUT2D eigenvalue weighted by atomic mass is 10.2. The molecule has 0 aliphatic carbocycles. The predicted octanol–water partition coefficient (Wildman–Crippen LogP) is 3.77. The molecule has 1 heterocycles. The number of fused-ring (bicyclic) bond motifs is 1. The van der Waals surface area contributed by atoms with Crippen LogP contribution >= 0.6 is 0 Å². The summed E-state index contributed by atoms with van der Waals surface area (Å²) in [6, 6.07) is 22.2. The second-order valence-corrected chi connectivity index (χ2v) is 7.08. The molecule has 0 saturated heterocycles. The summed E-state index contributed by atoms with van der Waals surface area (Å²) in [5.74, 6) is -0.294. The first kappa shape index (κ1) is 20.3. The number of aromatic nitrogens is 2. The Morgan fingerprint density at radius 1 is 0.968 bits per heavy atom. The molecule has 0 spiro atoms. The Balaban J connectivity index is 1.56. The number of imidazole rings is 1. The molecule has 0 aliphatic heterocycles. The zero-order valence-electron chi connectivity index (χ0n) is 17.0. The van der Waals surface area contributed by atoms with E-state index in [0.717, 1.165) is 16.7 Å². The highest BCUT2D eigenvalue weighted by Gasteiger charge is 2.17. The Kier molecular flexibility index (Phi) is 5.75. The van der Waals surface area contributed by atoms with Gasteiger partial charge in [-0.3, -0.25) is 9.59 Å². The summed E-state index contributed by atoms with van der Waals surface area (Å²) in [7, 11) is 1.73. The van der Waals surface area contributed by atoms with Crippen molar-refractivity contribution in [2.24, 2.45) is 0 Å². The number of anilines is 1. The van der Waals surface area contributed by atoms with Gasteiger partial charge in [0.1, 0.15) is 18.2 Å². The van der Waals surface area contributed by atoms with Gasteiger partial charge in [0.25, 0.3) is 5.91 Å². The number of benzene rings is 3. The average Bonchev–Trinajstić information content (AvgIpc) is 3.15. The number of amides is 2. The molecule has 3 aromatic carbocycles. The number of nitrogens with zero attached hydrogens (tertiary/aromatic N) is 3. The van der Waals surface area contributed by atoms with Gasteiger partial charge in [0, 0.05) is 18.3 Å². The second-order valence-electron chi connectivity index (χ2n) is 7.08. The molecule has 0 radical (unpaired) electrons. The van der Waals surface area contributed by atoms with Gasteiger partial charge >= 0.3 is 0 Å². The monoisotopic (exact) mass is 416 g/mol. The van der Waals surface area contributed by atoms with E-state index >= 15 is 0 Å². The van der Waals surface area contributed by atoms with Gasteiger partial charge in [-0.15, -0.1) is 0 Å². The Labute approximate surface area is 178 Å². The van der Waals surface area contributed by atoms with Gasteiger partial charge in [-0.2, -0.15) is 0 Å². The summed E-state index contributed by atoms with van der Waals surface area (Å²) in [5.41, 5.74) is 2.69. The normalized spacial score (nSPS) is 10.8. The minimum Gasteiger partial charge on any atom is -0.345 e. The predicted molar refractivity (Wildman–Crippen MR) is 117 cm³/mol. The molecule has 0 unspecified atom stereocenters. The number of carbonyl (C=O) groups is 2. The summed E-state index contributed by atoms with van der Waals surface area (Å²) in [6.45, 7) is 0.209. The van der Waals surface area contributed by atoms with Gasteiger partial charge < -0.3 is 14.8 Å². The van der Waals surface area contributed by atoms with E-state index in [9.17, 15) is 14.0 Å². The Hall–Kier alpha value is -4.00.